The molecular formula is C18H18BrClN2OS. The van der Waals surface area contributed by atoms with Crippen LogP contribution in [0.25, 0.3) is 0 Å². The maximum Gasteiger partial charge on any atom is 0.257 e. The minimum atomic E-state index is -0.268. The number of rotatable bonds is 2. The fourth-order valence-electron chi connectivity index (χ4n) is 2.17. The number of amides is 1. The Hall–Kier alpha value is -1.43. The zero-order valence-electron chi connectivity index (χ0n) is 13.6. The summed E-state index contributed by atoms with van der Waals surface area (Å²) >= 11 is 14.6. The van der Waals surface area contributed by atoms with E-state index in [0.717, 1.165) is 15.7 Å². The molecule has 0 saturated heterocycles. The number of nitrogens with one attached hydrogen (secondary N) is 2. The summed E-state index contributed by atoms with van der Waals surface area (Å²) in [4.78, 5) is 12.3. The molecule has 0 heterocycles. The molecule has 0 saturated carbocycles. The van der Waals surface area contributed by atoms with Crippen LogP contribution in [0.2, 0.25) is 5.02 Å². The summed E-state index contributed by atoms with van der Waals surface area (Å²) in [5.41, 5.74) is 2.39. The molecule has 0 aliphatic carbocycles. The molecule has 6 heteroatoms. The Labute approximate surface area is 160 Å². The Morgan fingerprint density at radius 3 is 2.46 bits per heavy atom. The van der Waals surface area contributed by atoms with E-state index in [9.17, 15) is 4.79 Å². The van der Waals surface area contributed by atoms with Gasteiger partial charge >= 0.3 is 0 Å². The maximum atomic E-state index is 12.3. The summed E-state index contributed by atoms with van der Waals surface area (Å²) in [6.07, 6.45) is 0. The highest BCUT2D eigenvalue weighted by Gasteiger charge is 2.18. The molecule has 3 nitrogen and oxygen atoms in total. The fraction of sp³-hybridized carbons (Fsp3) is 0.222. The Kier molecular flexibility index (Phi) is 6.01. The van der Waals surface area contributed by atoms with Gasteiger partial charge in [0, 0.05) is 20.7 Å². The van der Waals surface area contributed by atoms with Crippen molar-refractivity contribution >= 4 is 56.5 Å². The SMILES string of the molecule is CC(C)(C)c1ccc(C(=O)NC(=S)Nc2cccc(Cl)c2)cc1Br. The van der Waals surface area contributed by atoms with E-state index in [2.05, 4.69) is 47.3 Å². The van der Waals surface area contributed by atoms with Gasteiger partial charge in [0.2, 0.25) is 0 Å². The highest BCUT2D eigenvalue weighted by atomic mass is 79.9. The Morgan fingerprint density at radius 1 is 1.17 bits per heavy atom. The van der Waals surface area contributed by atoms with E-state index < -0.39 is 0 Å². The average molecular weight is 426 g/mol. The Morgan fingerprint density at radius 2 is 1.88 bits per heavy atom. The van der Waals surface area contributed by atoms with Crippen molar-refractivity contribution in [3.05, 3.63) is 63.1 Å². The number of hydrogen-bond donors (Lipinski definition) is 2. The molecule has 0 bridgehead atoms. The van der Waals surface area contributed by atoms with Crippen molar-refractivity contribution in [2.75, 3.05) is 5.32 Å². The van der Waals surface area contributed by atoms with Crippen LogP contribution in [0, 0.1) is 0 Å². The molecule has 1 amide bonds. The summed E-state index contributed by atoms with van der Waals surface area (Å²) in [5, 5.41) is 6.42. The third-order valence-corrected chi connectivity index (χ3v) is 4.44. The van der Waals surface area contributed by atoms with Crippen LogP contribution >= 0.6 is 39.7 Å². The lowest BCUT2D eigenvalue weighted by atomic mass is 9.86. The van der Waals surface area contributed by atoms with Gasteiger partial charge in [-0.05, 0) is 53.5 Å². The van der Waals surface area contributed by atoms with Crippen LogP contribution < -0.4 is 10.6 Å². The second-order valence-electron chi connectivity index (χ2n) is 6.36. The van der Waals surface area contributed by atoms with E-state index >= 15 is 0 Å². The van der Waals surface area contributed by atoms with Gasteiger partial charge in [-0.1, -0.05) is 60.4 Å². The van der Waals surface area contributed by atoms with E-state index in [1.165, 1.54) is 0 Å². The molecule has 0 fully saturated rings. The summed E-state index contributed by atoms with van der Waals surface area (Å²) < 4.78 is 0.899. The van der Waals surface area contributed by atoms with E-state index in [4.69, 9.17) is 23.8 Å². The van der Waals surface area contributed by atoms with Crippen LogP contribution in [-0.2, 0) is 5.41 Å². The highest BCUT2D eigenvalue weighted by molar-refractivity contribution is 9.10. The van der Waals surface area contributed by atoms with Gasteiger partial charge in [-0.2, -0.15) is 0 Å². The maximum absolute atomic E-state index is 12.3. The van der Waals surface area contributed by atoms with Crippen molar-refractivity contribution in [1.82, 2.24) is 5.32 Å². The number of carbonyl (C=O) groups excluding carboxylic acids is 1. The van der Waals surface area contributed by atoms with E-state index in [-0.39, 0.29) is 16.4 Å². The first-order valence-electron chi connectivity index (χ1n) is 7.35. The fourth-order valence-corrected chi connectivity index (χ4v) is 3.54. The Balaban J connectivity index is 2.07. The lowest BCUT2D eigenvalue weighted by Gasteiger charge is -2.21. The molecule has 0 unspecified atom stereocenters. The van der Waals surface area contributed by atoms with Crippen LogP contribution in [0.15, 0.2) is 46.9 Å². The molecule has 0 aliphatic rings. The Bertz CT molecular complexity index is 787. The molecule has 0 aliphatic heterocycles. The van der Waals surface area contributed by atoms with E-state index in [1.54, 1.807) is 30.3 Å². The molecule has 0 atom stereocenters. The molecular weight excluding hydrogens is 408 g/mol. The van der Waals surface area contributed by atoms with Crippen LogP contribution in [0.3, 0.4) is 0 Å². The van der Waals surface area contributed by atoms with Crippen LogP contribution in [0.4, 0.5) is 5.69 Å². The first-order chi connectivity index (χ1) is 11.2. The van der Waals surface area contributed by atoms with Gasteiger partial charge < -0.3 is 5.32 Å². The molecule has 2 aromatic rings. The van der Waals surface area contributed by atoms with Crippen LogP contribution in [0.5, 0.6) is 0 Å². The molecule has 2 rings (SSSR count). The smallest absolute Gasteiger partial charge is 0.257 e. The number of anilines is 1. The molecule has 2 aromatic carbocycles. The number of benzene rings is 2. The van der Waals surface area contributed by atoms with Crippen LogP contribution in [-0.4, -0.2) is 11.0 Å². The van der Waals surface area contributed by atoms with Gasteiger partial charge in [0.05, 0.1) is 0 Å². The average Bonchev–Trinajstić information content (AvgIpc) is 2.45. The van der Waals surface area contributed by atoms with Gasteiger partial charge in [0.15, 0.2) is 5.11 Å². The van der Waals surface area contributed by atoms with Gasteiger partial charge in [-0.25, -0.2) is 0 Å². The molecule has 126 valence electrons. The van der Waals surface area contributed by atoms with E-state index in [1.807, 2.05) is 12.1 Å². The molecule has 24 heavy (non-hydrogen) atoms. The minimum absolute atomic E-state index is 0.00270. The quantitative estimate of drug-likeness (QED) is 0.622. The van der Waals surface area contributed by atoms with Crippen molar-refractivity contribution in [2.45, 2.75) is 26.2 Å². The first kappa shape index (κ1) is 18.9. The van der Waals surface area contributed by atoms with Crippen LogP contribution in [0.1, 0.15) is 36.7 Å². The topological polar surface area (TPSA) is 41.1 Å². The summed E-state index contributed by atoms with van der Waals surface area (Å²) in [6, 6.07) is 12.7. The van der Waals surface area contributed by atoms with Crippen molar-refractivity contribution in [1.29, 1.82) is 0 Å². The largest absolute Gasteiger partial charge is 0.332 e. The predicted octanol–water partition coefficient (Wildman–Crippen LogP) is 5.53. The van der Waals surface area contributed by atoms with Crippen molar-refractivity contribution in [3.63, 3.8) is 0 Å². The highest BCUT2D eigenvalue weighted by Crippen LogP contribution is 2.30. The molecule has 0 radical (unpaired) electrons. The molecule has 0 aromatic heterocycles. The van der Waals surface area contributed by atoms with Crippen molar-refractivity contribution < 1.29 is 4.79 Å². The monoisotopic (exact) mass is 424 g/mol. The number of carbonyl (C=O) groups is 1. The van der Waals surface area contributed by atoms with Crippen molar-refractivity contribution in [3.8, 4) is 0 Å². The third kappa shape index (κ3) is 5.03. The number of halogens is 2. The van der Waals surface area contributed by atoms with Crippen molar-refractivity contribution in [2.24, 2.45) is 0 Å². The summed E-state index contributed by atoms with van der Waals surface area (Å²) in [5.74, 6) is -0.268. The normalized spacial score (nSPS) is 11.0. The van der Waals surface area contributed by atoms with E-state index in [0.29, 0.717) is 10.6 Å². The lowest BCUT2D eigenvalue weighted by Crippen LogP contribution is -2.34. The zero-order valence-corrected chi connectivity index (χ0v) is 16.8. The first-order valence-corrected chi connectivity index (χ1v) is 8.92. The van der Waals surface area contributed by atoms with Gasteiger partial charge in [0.1, 0.15) is 0 Å². The summed E-state index contributed by atoms with van der Waals surface area (Å²) in [7, 11) is 0. The minimum Gasteiger partial charge on any atom is -0.332 e. The third-order valence-electron chi connectivity index (χ3n) is 3.35. The predicted molar refractivity (Wildman–Crippen MR) is 108 cm³/mol. The number of hydrogen-bond acceptors (Lipinski definition) is 2. The zero-order chi connectivity index (χ0) is 17.9. The second-order valence-corrected chi connectivity index (χ2v) is 8.06. The number of thiocarbonyl (C=S) groups is 1. The van der Waals surface area contributed by atoms with Gasteiger partial charge in [0.25, 0.3) is 5.91 Å². The molecule has 2 N–H and O–H groups in total. The van der Waals surface area contributed by atoms with Gasteiger partial charge in [-0.15, -0.1) is 0 Å². The summed E-state index contributed by atoms with van der Waals surface area (Å²) in [6.45, 7) is 6.37. The standard InChI is InChI=1S/C18H18BrClN2OS/c1-18(2,3)14-8-7-11(9-15(14)19)16(23)22-17(24)21-13-6-4-5-12(20)10-13/h4-10H,1-3H3,(H2,21,22,23,24). The second kappa shape index (κ2) is 7.64. The van der Waals surface area contributed by atoms with Gasteiger partial charge in [-0.3, -0.25) is 10.1 Å². The lowest BCUT2D eigenvalue weighted by molar-refractivity contribution is 0.0977. The molecule has 0 spiro atoms.